The Morgan fingerprint density at radius 1 is 1.33 bits per heavy atom. The highest BCUT2D eigenvalue weighted by Gasteiger charge is 2.24. The summed E-state index contributed by atoms with van der Waals surface area (Å²) in [4.78, 5) is 4.17. The van der Waals surface area contributed by atoms with Gasteiger partial charge in [-0.05, 0) is 24.5 Å². The molecule has 0 atom stereocenters. The van der Waals surface area contributed by atoms with Gasteiger partial charge in [0.1, 0.15) is 6.73 Å². The molecular formula is C15H19N3O3. The van der Waals surface area contributed by atoms with E-state index in [2.05, 4.69) is 10.1 Å². The lowest BCUT2D eigenvalue weighted by atomic mass is 9.90. The molecule has 2 aromatic heterocycles. The van der Waals surface area contributed by atoms with Crippen molar-refractivity contribution in [2.24, 2.45) is 0 Å². The third-order valence-corrected chi connectivity index (χ3v) is 3.76. The molecule has 3 rings (SSSR count). The molecule has 2 aromatic rings. The van der Waals surface area contributed by atoms with E-state index in [1.807, 2.05) is 12.3 Å². The minimum absolute atomic E-state index is 0.0314. The fourth-order valence-corrected chi connectivity index (χ4v) is 2.71. The lowest BCUT2D eigenvalue weighted by Gasteiger charge is -2.14. The molecule has 1 aliphatic carbocycles. The van der Waals surface area contributed by atoms with Gasteiger partial charge in [0, 0.05) is 30.6 Å². The number of pyridine rings is 1. The summed E-state index contributed by atoms with van der Waals surface area (Å²) < 4.78 is 12.2. The molecule has 112 valence electrons. The largest absolute Gasteiger partial charge is 0.390 e. The van der Waals surface area contributed by atoms with E-state index in [9.17, 15) is 5.11 Å². The highest BCUT2D eigenvalue weighted by molar-refractivity contribution is 5.69. The van der Waals surface area contributed by atoms with Crippen LogP contribution in [0.3, 0.4) is 0 Å². The maximum absolute atomic E-state index is 9.66. The third kappa shape index (κ3) is 2.70. The number of fused-ring (bicyclic) bond motifs is 3. The molecule has 6 nitrogen and oxygen atoms in total. The van der Waals surface area contributed by atoms with Crippen molar-refractivity contribution in [1.29, 1.82) is 0 Å². The predicted octanol–water partition coefficient (Wildman–Crippen LogP) is 1.16. The Labute approximate surface area is 123 Å². The second kappa shape index (κ2) is 6.34. The first kappa shape index (κ1) is 14.2. The van der Waals surface area contributed by atoms with Crippen LogP contribution >= 0.6 is 0 Å². The Hall–Kier alpha value is -1.76. The number of methoxy groups -OCH3 is 1. The van der Waals surface area contributed by atoms with Crippen LogP contribution < -0.4 is 0 Å². The minimum Gasteiger partial charge on any atom is -0.390 e. The smallest absolute Gasteiger partial charge is 0.139 e. The maximum atomic E-state index is 9.66. The molecule has 0 bridgehead atoms. The molecule has 0 radical (unpaired) electrons. The highest BCUT2D eigenvalue weighted by Crippen LogP contribution is 2.33. The number of hydrogen-bond acceptors (Lipinski definition) is 5. The van der Waals surface area contributed by atoms with Crippen LogP contribution in [0.2, 0.25) is 0 Å². The number of aryl methyl sites for hydroxylation is 1. The number of aliphatic hydroxyl groups excluding tert-OH is 1. The van der Waals surface area contributed by atoms with Crippen LogP contribution in [0.25, 0.3) is 11.3 Å². The second-order valence-corrected chi connectivity index (χ2v) is 4.99. The molecular weight excluding hydrogens is 270 g/mol. The van der Waals surface area contributed by atoms with Gasteiger partial charge < -0.3 is 14.6 Å². The monoisotopic (exact) mass is 289 g/mol. The number of nitrogens with zero attached hydrogens (tertiary/aromatic N) is 3. The van der Waals surface area contributed by atoms with Gasteiger partial charge in [-0.1, -0.05) is 0 Å². The van der Waals surface area contributed by atoms with E-state index in [4.69, 9.17) is 9.47 Å². The summed E-state index contributed by atoms with van der Waals surface area (Å²) >= 11 is 0. The van der Waals surface area contributed by atoms with Crippen molar-refractivity contribution >= 4 is 0 Å². The van der Waals surface area contributed by atoms with E-state index in [1.54, 1.807) is 18.0 Å². The van der Waals surface area contributed by atoms with E-state index >= 15 is 0 Å². The van der Waals surface area contributed by atoms with Gasteiger partial charge in [0.2, 0.25) is 0 Å². The predicted molar refractivity (Wildman–Crippen MR) is 76.6 cm³/mol. The number of aliphatic hydroxyl groups is 1. The molecule has 2 heterocycles. The third-order valence-electron chi connectivity index (χ3n) is 3.76. The molecule has 0 saturated carbocycles. The van der Waals surface area contributed by atoms with E-state index in [-0.39, 0.29) is 6.61 Å². The molecule has 0 fully saturated rings. The summed E-state index contributed by atoms with van der Waals surface area (Å²) in [6.07, 6.45) is 5.48. The maximum Gasteiger partial charge on any atom is 0.139 e. The topological polar surface area (TPSA) is 69.4 Å². The molecule has 0 aliphatic heterocycles. The average Bonchev–Trinajstić information content (AvgIpc) is 2.89. The summed E-state index contributed by atoms with van der Waals surface area (Å²) in [5, 5.41) is 14.3. The molecule has 1 N–H and O–H groups in total. The average molecular weight is 289 g/mol. The van der Waals surface area contributed by atoms with Crippen molar-refractivity contribution in [3.8, 4) is 11.3 Å². The van der Waals surface area contributed by atoms with Crippen LogP contribution in [0.5, 0.6) is 0 Å². The lowest BCUT2D eigenvalue weighted by molar-refractivity contribution is 0.0260. The van der Waals surface area contributed by atoms with Crippen LogP contribution in [-0.2, 0) is 35.7 Å². The van der Waals surface area contributed by atoms with Gasteiger partial charge in [-0.25, -0.2) is 4.68 Å². The first-order chi connectivity index (χ1) is 10.3. The van der Waals surface area contributed by atoms with Gasteiger partial charge in [-0.2, -0.15) is 5.10 Å². The molecule has 21 heavy (non-hydrogen) atoms. The number of rotatable bonds is 6. The summed E-state index contributed by atoms with van der Waals surface area (Å²) in [5.41, 5.74) is 5.21. The van der Waals surface area contributed by atoms with Gasteiger partial charge >= 0.3 is 0 Å². The van der Waals surface area contributed by atoms with Crippen LogP contribution in [0, 0.1) is 0 Å². The summed E-state index contributed by atoms with van der Waals surface area (Å²) in [6.45, 7) is 1.35. The highest BCUT2D eigenvalue weighted by atomic mass is 16.5. The molecule has 0 aromatic carbocycles. The van der Waals surface area contributed by atoms with Crippen LogP contribution in [-0.4, -0.2) is 40.2 Å². The van der Waals surface area contributed by atoms with Crippen LogP contribution in [0.4, 0.5) is 0 Å². The second-order valence-electron chi connectivity index (χ2n) is 4.99. The van der Waals surface area contributed by atoms with Gasteiger partial charge in [0.15, 0.2) is 0 Å². The molecule has 6 heteroatoms. The normalized spacial score (nSPS) is 13.0. The molecule has 0 spiro atoms. The van der Waals surface area contributed by atoms with Gasteiger partial charge in [0.25, 0.3) is 0 Å². The van der Waals surface area contributed by atoms with E-state index in [1.165, 1.54) is 5.56 Å². The number of aromatic nitrogens is 3. The summed E-state index contributed by atoms with van der Waals surface area (Å²) in [6, 6.07) is 1.98. The van der Waals surface area contributed by atoms with Gasteiger partial charge in [-0.3, -0.25) is 4.98 Å². The fraction of sp³-hybridized carbons (Fsp3) is 0.467. The van der Waals surface area contributed by atoms with Gasteiger partial charge in [-0.15, -0.1) is 0 Å². The zero-order chi connectivity index (χ0) is 14.7. The Morgan fingerprint density at radius 2 is 2.24 bits per heavy atom. The Kier molecular flexibility index (Phi) is 4.28. The Bertz CT molecular complexity index is 625. The first-order valence-corrected chi connectivity index (χ1v) is 7.04. The van der Waals surface area contributed by atoms with Crippen molar-refractivity contribution in [1.82, 2.24) is 14.8 Å². The summed E-state index contributed by atoms with van der Waals surface area (Å²) in [5.74, 6) is 0. The van der Waals surface area contributed by atoms with E-state index < -0.39 is 0 Å². The van der Waals surface area contributed by atoms with Crippen molar-refractivity contribution < 1.29 is 14.6 Å². The van der Waals surface area contributed by atoms with E-state index in [0.29, 0.717) is 19.9 Å². The molecule has 0 amide bonds. The SMILES string of the molecule is COCCOCn1nc2c(c1CO)CCc1cnccc1-2. The molecule has 0 unspecified atom stereocenters. The van der Waals surface area contributed by atoms with Crippen LogP contribution in [0.1, 0.15) is 16.8 Å². The van der Waals surface area contributed by atoms with Crippen molar-refractivity contribution in [3.05, 3.63) is 35.3 Å². The van der Waals surface area contributed by atoms with Gasteiger partial charge in [0.05, 0.1) is 31.2 Å². The Balaban J connectivity index is 1.89. The van der Waals surface area contributed by atoms with Crippen molar-refractivity contribution in [2.75, 3.05) is 20.3 Å². The van der Waals surface area contributed by atoms with Crippen molar-refractivity contribution in [3.63, 3.8) is 0 Å². The quantitative estimate of drug-likeness (QED) is 0.808. The zero-order valence-corrected chi connectivity index (χ0v) is 12.1. The Morgan fingerprint density at radius 3 is 3.05 bits per heavy atom. The van der Waals surface area contributed by atoms with E-state index in [0.717, 1.165) is 35.4 Å². The molecule has 1 aliphatic rings. The van der Waals surface area contributed by atoms with Crippen molar-refractivity contribution in [2.45, 2.75) is 26.2 Å². The lowest BCUT2D eigenvalue weighted by Crippen LogP contribution is -2.11. The number of ether oxygens (including phenoxy) is 2. The first-order valence-electron chi connectivity index (χ1n) is 7.04. The summed E-state index contributed by atoms with van der Waals surface area (Å²) in [7, 11) is 1.64. The minimum atomic E-state index is -0.0314. The zero-order valence-electron chi connectivity index (χ0n) is 12.1. The standard InChI is InChI=1S/C15H19N3O3/c1-20-6-7-21-10-18-14(9-19)13-3-2-11-8-16-5-4-12(11)15(13)17-18/h4-5,8,19H,2-3,6-7,9-10H2,1H3. The fourth-order valence-electron chi connectivity index (χ4n) is 2.71. The number of hydrogen-bond donors (Lipinski definition) is 1. The molecule has 0 saturated heterocycles. The van der Waals surface area contributed by atoms with Crippen LogP contribution in [0.15, 0.2) is 18.5 Å².